The first kappa shape index (κ1) is 19.8. The summed E-state index contributed by atoms with van der Waals surface area (Å²) in [6, 6.07) is 1.90. The van der Waals surface area contributed by atoms with E-state index in [9.17, 15) is 0 Å². The molecule has 1 unspecified atom stereocenters. The van der Waals surface area contributed by atoms with Gasteiger partial charge in [-0.1, -0.05) is 23.4 Å². The Hall–Kier alpha value is -2.14. The predicted octanol–water partition coefficient (Wildman–Crippen LogP) is 2.24. The van der Waals surface area contributed by atoms with E-state index in [-0.39, 0.29) is 17.6 Å². The summed E-state index contributed by atoms with van der Waals surface area (Å²) in [6.45, 7) is 4.52. The number of nitrogens with two attached hydrogens (primary N) is 2. The second kappa shape index (κ2) is 7.52. The normalized spacial score (nSPS) is 23.5. The number of fused-ring (bicyclic) bond motifs is 1. The minimum absolute atomic E-state index is 0.0632. The van der Waals surface area contributed by atoms with Gasteiger partial charge in [-0.3, -0.25) is 0 Å². The van der Waals surface area contributed by atoms with Crippen molar-refractivity contribution in [1.82, 2.24) is 24.6 Å². The minimum Gasteiger partial charge on any atom is -0.382 e. The molecular weight excluding hydrogens is 424 g/mol. The van der Waals surface area contributed by atoms with Gasteiger partial charge in [-0.25, -0.2) is 19.5 Å². The van der Waals surface area contributed by atoms with Crippen molar-refractivity contribution >= 4 is 40.6 Å². The van der Waals surface area contributed by atoms with Crippen molar-refractivity contribution in [3.05, 3.63) is 29.8 Å². The molecule has 4 N–H and O–H groups in total. The van der Waals surface area contributed by atoms with Crippen molar-refractivity contribution < 1.29 is 4.74 Å². The molecule has 2 aliphatic rings. The highest BCUT2D eigenvalue weighted by Gasteiger charge is 2.47. The van der Waals surface area contributed by atoms with Crippen LogP contribution in [-0.2, 0) is 4.74 Å². The van der Waals surface area contributed by atoms with Gasteiger partial charge >= 0.3 is 0 Å². The molecular formula is C19H23ClN8OS. The highest BCUT2D eigenvalue weighted by Crippen LogP contribution is 2.42. The Bertz CT molecular complexity index is 1080. The van der Waals surface area contributed by atoms with Crippen LogP contribution in [0.15, 0.2) is 34.7 Å². The summed E-state index contributed by atoms with van der Waals surface area (Å²) in [7, 11) is 0. The Kier molecular flexibility index (Phi) is 4.97. The standard InChI is InChI=1S/C19H23ClN8OS/c1-11-15(21)19(9-29-11)3-6-27(7-4-19)17-18-25-10-26-28(18)13(8-24-17)30-12-2-5-23-16(22)14(12)20/h2,5,8,10-11,15H,3-4,6-7,9,21H2,1H3,(H2,22,23)/t11-,15?/m0/s1. The van der Waals surface area contributed by atoms with Crippen LogP contribution >= 0.6 is 23.4 Å². The van der Waals surface area contributed by atoms with Crippen molar-refractivity contribution in [2.75, 3.05) is 30.3 Å². The number of aromatic nitrogens is 5. The summed E-state index contributed by atoms with van der Waals surface area (Å²) in [4.78, 5) is 16.3. The molecule has 0 radical (unpaired) electrons. The zero-order valence-electron chi connectivity index (χ0n) is 16.5. The van der Waals surface area contributed by atoms with Gasteiger partial charge in [0.2, 0.25) is 0 Å². The van der Waals surface area contributed by atoms with E-state index in [1.165, 1.54) is 11.8 Å². The van der Waals surface area contributed by atoms with Gasteiger partial charge in [-0.2, -0.15) is 5.10 Å². The zero-order valence-corrected chi connectivity index (χ0v) is 18.1. The Labute approximate surface area is 183 Å². The number of piperidine rings is 1. The van der Waals surface area contributed by atoms with E-state index in [1.54, 1.807) is 23.2 Å². The summed E-state index contributed by atoms with van der Waals surface area (Å²) in [5.74, 6) is 1.12. The SMILES string of the molecule is C[C@@H]1OCC2(CCN(c3ncc(Sc4ccnc(N)c4Cl)n4ncnc34)CC2)C1N. The number of nitrogens with zero attached hydrogens (tertiary/aromatic N) is 6. The highest BCUT2D eigenvalue weighted by molar-refractivity contribution is 7.99. The largest absolute Gasteiger partial charge is 0.382 e. The monoisotopic (exact) mass is 446 g/mol. The highest BCUT2D eigenvalue weighted by atomic mass is 35.5. The van der Waals surface area contributed by atoms with Gasteiger partial charge in [-0.05, 0) is 25.8 Å². The molecule has 2 saturated heterocycles. The molecule has 30 heavy (non-hydrogen) atoms. The smallest absolute Gasteiger partial charge is 0.199 e. The van der Waals surface area contributed by atoms with Gasteiger partial charge in [0, 0.05) is 35.6 Å². The number of hydrogen-bond donors (Lipinski definition) is 2. The molecule has 0 amide bonds. The van der Waals surface area contributed by atoms with Crippen molar-refractivity contribution in [2.45, 2.75) is 41.8 Å². The number of pyridine rings is 1. The summed E-state index contributed by atoms with van der Waals surface area (Å²) in [5, 5.41) is 5.62. The van der Waals surface area contributed by atoms with Crippen LogP contribution in [0.1, 0.15) is 19.8 Å². The van der Waals surface area contributed by atoms with Crippen LogP contribution in [0.3, 0.4) is 0 Å². The molecule has 2 aliphatic heterocycles. The van der Waals surface area contributed by atoms with E-state index in [1.807, 2.05) is 6.07 Å². The van der Waals surface area contributed by atoms with Crippen molar-refractivity contribution in [3.8, 4) is 0 Å². The maximum Gasteiger partial charge on any atom is 0.199 e. The maximum absolute atomic E-state index is 6.45. The van der Waals surface area contributed by atoms with Gasteiger partial charge in [-0.15, -0.1) is 0 Å². The maximum atomic E-state index is 6.45. The summed E-state index contributed by atoms with van der Waals surface area (Å²) in [5.41, 5.74) is 13.1. The topological polar surface area (TPSA) is 120 Å². The van der Waals surface area contributed by atoms with E-state index in [0.717, 1.165) is 53.9 Å². The number of ether oxygens (including phenoxy) is 1. The van der Waals surface area contributed by atoms with Crippen LogP contribution in [0.5, 0.6) is 0 Å². The summed E-state index contributed by atoms with van der Waals surface area (Å²) in [6.07, 6.45) is 7.03. The van der Waals surface area contributed by atoms with Crippen LogP contribution < -0.4 is 16.4 Å². The lowest BCUT2D eigenvalue weighted by Crippen LogP contribution is -2.50. The molecule has 2 atom stereocenters. The van der Waals surface area contributed by atoms with Gasteiger partial charge in [0.1, 0.15) is 17.2 Å². The Morgan fingerprint density at radius 2 is 2.07 bits per heavy atom. The van der Waals surface area contributed by atoms with Crippen LogP contribution in [0, 0.1) is 5.41 Å². The number of nitrogen functional groups attached to an aromatic ring is 1. The number of rotatable bonds is 3. The summed E-state index contributed by atoms with van der Waals surface area (Å²) < 4.78 is 7.62. The first-order valence-corrected chi connectivity index (χ1v) is 11.1. The van der Waals surface area contributed by atoms with E-state index in [2.05, 4.69) is 26.9 Å². The number of anilines is 2. The van der Waals surface area contributed by atoms with Gasteiger partial charge in [0.15, 0.2) is 11.5 Å². The summed E-state index contributed by atoms with van der Waals surface area (Å²) >= 11 is 7.73. The molecule has 5 heterocycles. The molecule has 3 aromatic rings. The van der Waals surface area contributed by atoms with Crippen molar-refractivity contribution in [2.24, 2.45) is 11.1 Å². The Morgan fingerprint density at radius 1 is 1.27 bits per heavy atom. The van der Waals surface area contributed by atoms with Crippen LogP contribution in [0.4, 0.5) is 11.6 Å². The molecule has 3 aromatic heterocycles. The average Bonchev–Trinajstić information content (AvgIpc) is 3.35. The van der Waals surface area contributed by atoms with Crippen molar-refractivity contribution in [1.29, 1.82) is 0 Å². The van der Waals surface area contributed by atoms with E-state index >= 15 is 0 Å². The van der Waals surface area contributed by atoms with Crippen molar-refractivity contribution in [3.63, 3.8) is 0 Å². The fourth-order valence-electron chi connectivity index (χ4n) is 4.35. The van der Waals surface area contributed by atoms with Crippen LogP contribution in [0.25, 0.3) is 5.65 Å². The van der Waals surface area contributed by atoms with E-state index in [4.69, 9.17) is 32.8 Å². The molecule has 0 saturated carbocycles. The number of hydrogen-bond acceptors (Lipinski definition) is 9. The molecule has 0 aliphatic carbocycles. The Morgan fingerprint density at radius 3 is 2.80 bits per heavy atom. The molecule has 158 valence electrons. The lowest BCUT2D eigenvalue weighted by Gasteiger charge is -2.41. The lowest BCUT2D eigenvalue weighted by molar-refractivity contribution is 0.0974. The van der Waals surface area contributed by atoms with Crippen LogP contribution in [-0.4, -0.2) is 56.4 Å². The molecule has 5 rings (SSSR count). The van der Waals surface area contributed by atoms with E-state index < -0.39 is 0 Å². The molecule has 0 bridgehead atoms. The molecule has 1 spiro atoms. The first-order chi connectivity index (χ1) is 14.5. The molecule has 2 fully saturated rings. The second-order valence-electron chi connectivity index (χ2n) is 7.92. The molecule has 0 aromatic carbocycles. The second-order valence-corrected chi connectivity index (χ2v) is 9.36. The third-order valence-corrected chi connectivity index (χ3v) is 7.81. The van der Waals surface area contributed by atoms with Gasteiger partial charge < -0.3 is 21.1 Å². The lowest BCUT2D eigenvalue weighted by atomic mass is 9.73. The Balaban J connectivity index is 1.40. The third kappa shape index (κ3) is 3.18. The number of halogens is 1. The minimum atomic E-state index is 0.0632. The first-order valence-electron chi connectivity index (χ1n) is 9.87. The third-order valence-electron chi connectivity index (χ3n) is 6.25. The molecule has 9 nitrogen and oxygen atoms in total. The van der Waals surface area contributed by atoms with E-state index in [0.29, 0.717) is 10.8 Å². The predicted molar refractivity (Wildman–Crippen MR) is 116 cm³/mol. The van der Waals surface area contributed by atoms with Gasteiger partial charge in [0.25, 0.3) is 0 Å². The zero-order chi connectivity index (χ0) is 20.9. The van der Waals surface area contributed by atoms with Gasteiger partial charge in [0.05, 0.1) is 23.9 Å². The van der Waals surface area contributed by atoms with Crippen LogP contribution in [0.2, 0.25) is 5.02 Å². The molecule has 11 heteroatoms. The quantitative estimate of drug-likeness (QED) is 0.623. The fourth-order valence-corrected chi connectivity index (χ4v) is 5.45. The average molecular weight is 447 g/mol. The fraction of sp³-hybridized carbons (Fsp3) is 0.474.